The Morgan fingerprint density at radius 1 is 1.00 bits per heavy atom. The van der Waals surface area contributed by atoms with Crippen molar-refractivity contribution in [1.29, 1.82) is 0 Å². The molecule has 1 atom stereocenters. The number of carbonyl (C=O) groups excluding carboxylic acids is 2. The Morgan fingerprint density at radius 3 is 2.57 bits per heavy atom. The summed E-state index contributed by atoms with van der Waals surface area (Å²) in [5.74, 6) is -0.441. The normalized spacial score (nSPS) is 16.0. The van der Waals surface area contributed by atoms with Gasteiger partial charge in [0.2, 0.25) is 11.8 Å². The molecule has 0 radical (unpaired) electrons. The Bertz CT molecular complexity index is 1030. The molecule has 0 saturated carbocycles. The molecule has 0 spiro atoms. The molecule has 2 N–H and O–H groups in total. The van der Waals surface area contributed by atoms with E-state index >= 15 is 0 Å². The minimum absolute atomic E-state index is 0.0321. The lowest BCUT2D eigenvalue weighted by molar-refractivity contribution is -0.129. The third-order valence-electron chi connectivity index (χ3n) is 5.49. The van der Waals surface area contributed by atoms with Gasteiger partial charge in [-0.3, -0.25) is 19.6 Å². The van der Waals surface area contributed by atoms with Crippen molar-refractivity contribution < 1.29 is 9.59 Å². The van der Waals surface area contributed by atoms with Crippen molar-refractivity contribution >= 4 is 34.0 Å². The van der Waals surface area contributed by atoms with Crippen LogP contribution in [0.2, 0.25) is 0 Å². The lowest BCUT2D eigenvalue weighted by Gasteiger charge is -2.30. The molecular formula is C24H26N4O2. The fraction of sp³-hybridized carbons (Fsp3) is 0.250. The summed E-state index contributed by atoms with van der Waals surface area (Å²) >= 11 is 0. The molecule has 154 valence electrons. The number of amides is 2. The number of benzene rings is 3. The Hall–Kier alpha value is -3.54. The molecule has 3 aromatic rings. The van der Waals surface area contributed by atoms with Gasteiger partial charge in [0.25, 0.3) is 0 Å². The average Bonchev–Trinajstić information content (AvgIpc) is 3.18. The zero-order valence-electron chi connectivity index (χ0n) is 17.0. The number of rotatable bonds is 7. The van der Waals surface area contributed by atoms with Crippen LogP contribution in [-0.4, -0.2) is 43.5 Å². The summed E-state index contributed by atoms with van der Waals surface area (Å²) in [5, 5.41) is 12.2. The van der Waals surface area contributed by atoms with Gasteiger partial charge >= 0.3 is 0 Å². The lowest BCUT2D eigenvalue weighted by Crippen LogP contribution is -2.42. The molecule has 30 heavy (non-hydrogen) atoms. The number of para-hydroxylation sites is 1. The van der Waals surface area contributed by atoms with Crippen LogP contribution in [-0.2, 0) is 9.59 Å². The van der Waals surface area contributed by atoms with Gasteiger partial charge in [0.1, 0.15) is 0 Å². The van der Waals surface area contributed by atoms with Crippen molar-refractivity contribution in [2.45, 2.75) is 6.42 Å². The van der Waals surface area contributed by atoms with E-state index in [0.29, 0.717) is 19.6 Å². The topological polar surface area (TPSA) is 64.7 Å². The number of fused-ring (bicyclic) bond motifs is 1. The summed E-state index contributed by atoms with van der Waals surface area (Å²) in [6.07, 6.45) is 0.236. The highest BCUT2D eigenvalue weighted by Gasteiger charge is 2.36. The molecule has 6 heteroatoms. The number of hydrogen-bond donors (Lipinski definition) is 2. The molecule has 1 aliphatic heterocycles. The van der Waals surface area contributed by atoms with Crippen molar-refractivity contribution in [2.24, 2.45) is 5.92 Å². The minimum Gasteiger partial charge on any atom is -0.383 e. The van der Waals surface area contributed by atoms with E-state index in [1.807, 2.05) is 66.7 Å². The summed E-state index contributed by atoms with van der Waals surface area (Å²) < 4.78 is 0. The van der Waals surface area contributed by atoms with E-state index in [0.717, 1.165) is 16.8 Å². The molecule has 0 bridgehead atoms. The monoisotopic (exact) mass is 402 g/mol. The van der Waals surface area contributed by atoms with Crippen molar-refractivity contribution in [1.82, 2.24) is 10.3 Å². The van der Waals surface area contributed by atoms with E-state index in [4.69, 9.17) is 0 Å². The average molecular weight is 402 g/mol. The van der Waals surface area contributed by atoms with Gasteiger partial charge in [0.05, 0.1) is 18.2 Å². The smallest absolute Gasteiger partial charge is 0.241 e. The zero-order chi connectivity index (χ0) is 20.9. The summed E-state index contributed by atoms with van der Waals surface area (Å²) in [5.41, 5.74) is 1.97. The number of nitrogens with zero attached hydrogens (tertiary/aromatic N) is 2. The van der Waals surface area contributed by atoms with E-state index in [1.165, 1.54) is 5.39 Å². The number of hydrazine groups is 1. The fourth-order valence-corrected chi connectivity index (χ4v) is 3.85. The van der Waals surface area contributed by atoms with E-state index in [-0.39, 0.29) is 24.2 Å². The van der Waals surface area contributed by atoms with Crippen molar-refractivity contribution in [3.8, 4) is 0 Å². The number of hydrogen-bond acceptors (Lipinski definition) is 4. The van der Waals surface area contributed by atoms with Crippen LogP contribution < -0.4 is 15.6 Å². The van der Waals surface area contributed by atoms with Crippen LogP contribution in [0.4, 0.5) is 11.4 Å². The maximum absolute atomic E-state index is 12.6. The molecule has 2 amide bonds. The SMILES string of the molecule is CN(c1ccccc1)N1CC(C(=O)NCCNc2cccc3ccccc23)CC1=O. The molecule has 6 nitrogen and oxygen atoms in total. The van der Waals surface area contributed by atoms with E-state index in [1.54, 1.807) is 5.01 Å². The highest BCUT2D eigenvalue weighted by atomic mass is 16.2. The predicted molar refractivity (Wildman–Crippen MR) is 120 cm³/mol. The van der Waals surface area contributed by atoms with Crippen LogP contribution in [0.25, 0.3) is 10.8 Å². The van der Waals surface area contributed by atoms with Gasteiger partial charge in [0.15, 0.2) is 0 Å². The maximum atomic E-state index is 12.6. The molecule has 3 aromatic carbocycles. The summed E-state index contributed by atoms with van der Waals surface area (Å²) in [4.78, 5) is 25.0. The van der Waals surface area contributed by atoms with Gasteiger partial charge < -0.3 is 10.6 Å². The third kappa shape index (κ3) is 4.22. The summed E-state index contributed by atoms with van der Waals surface area (Å²) in [7, 11) is 1.85. The first-order chi connectivity index (χ1) is 14.6. The van der Waals surface area contributed by atoms with Crippen molar-refractivity contribution in [3.05, 3.63) is 72.8 Å². The standard InChI is InChI=1S/C24H26N4O2/c1-27(20-10-3-2-4-11-20)28-17-19(16-23(28)29)24(30)26-15-14-25-22-13-7-9-18-8-5-6-12-21(18)22/h2-13,19,25H,14-17H2,1H3,(H,26,30). The Balaban J connectivity index is 1.28. The Labute approximate surface area is 176 Å². The Kier molecular flexibility index (Phi) is 5.84. The molecule has 1 unspecified atom stereocenters. The van der Waals surface area contributed by atoms with Gasteiger partial charge in [-0.15, -0.1) is 0 Å². The fourth-order valence-electron chi connectivity index (χ4n) is 3.85. The minimum atomic E-state index is -0.332. The number of nitrogens with one attached hydrogen (secondary N) is 2. The van der Waals surface area contributed by atoms with E-state index in [9.17, 15) is 9.59 Å². The predicted octanol–water partition coefficient (Wildman–Crippen LogP) is 3.27. The van der Waals surface area contributed by atoms with Gasteiger partial charge in [0, 0.05) is 37.6 Å². The second-order valence-corrected chi connectivity index (χ2v) is 7.48. The molecular weight excluding hydrogens is 376 g/mol. The second-order valence-electron chi connectivity index (χ2n) is 7.48. The first-order valence-electron chi connectivity index (χ1n) is 10.2. The van der Waals surface area contributed by atoms with Gasteiger partial charge in [-0.2, -0.15) is 0 Å². The van der Waals surface area contributed by atoms with Gasteiger partial charge in [-0.1, -0.05) is 54.6 Å². The van der Waals surface area contributed by atoms with Crippen LogP contribution >= 0.6 is 0 Å². The summed E-state index contributed by atoms with van der Waals surface area (Å²) in [6.45, 7) is 1.52. The zero-order valence-corrected chi connectivity index (χ0v) is 17.0. The molecule has 0 aliphatic carbocycles. The maximum Gasteiger partial charge on any atom is 0.241 e. The third-order valence-corrected chi connectivity index (χ3v) is 5.49. The van der Waals surface area contributed by atoms with Gasteiger partial charge in [-0.05, 0) is 23.6 Å². The van der Waals surface area contributed by atoms with Crippen molar-refractivity contribution in [3.63, 3.8) is 0 Å². The highest BCUT2D eigenvalue weighted by molar-refractivity contribution is 5.94. The highest BCUT2D eigenvalue weighted by Crippen LogP contribution is 2.24. The number of carbonyl (C=O) groups is 2. The molecule has 1 saturated heterocycles. The van der Waals surface area contributed by atoms with Crippen LogP contribution in [0.5, 0.6) is 0 Å². The Morgan fingerprint density at radius 2 is 1.73 bits per heavy atom. The largest absolute Gasteiger partial charge is 0.383 e. The van der Waals surface area contributed by atoms with Crippen LogP contribution in [0, 0.1) is 5.92 Å². The molecule has 1 fully saturated rings. The van der Waals surface area contributed by atoms with Gasteiger partial charge in [-0.25, -0.2) is 0 Å². The first-order valence-corrected chi connectivity index (χ1v) is 10.2. The number of anilines is 2. The van der Waals surface area contributed by atoms with Crippen LogP contribution in [0.1, 0.15) is 6.42 Å². The van der Waals surface area contributed by atoms with Crippen LogP contribution in [0.3, 0.4) is 0 Å². The molecule has 1 aliphatic rings. The van der Waals surface area contributed by atoms with Crippen LogP contribution in [0.15, 0.2) is 72.8 Å². The molecule has 4 rings (SSSR count). The van der Waals surface area contributed by atoms with E-state index in [2.05, 4.69) is 28.8 Å². The van der Waals surface area contributed by atoms with Crippen molar-refractivity contribution in [2.75, 3.05) is 37.0 Å². The van der Waals surface area contributed by atoms with E-state index < -0.39 is 0 Å². The summed E-state index contributed by atoms with van der Waals surface area (Å²) in [6, 6.07) is 24.0. The lowest BCUT2D eigenvalue weighted by atomic mass is 10.1. The quantitative estimate of drug-likeness (QED) is 0.596. The molecule has 0 aromatic heterocycles. The first kappa shape index (κ1) is 19.8. The molecule has 1 heterocycles. The second kappa shape index (κ2) is 8.86.